The van der Waals surface area contributed by atoms with E-state index in [0.29, 0.717) is 18.9 Å². The van der Waals surface area contributed by atoms with Crippen molar-refractivity contribution in [2.75, 3.05) is 5.32 Å². The molecule has 0 unspecified atom stereocenters. The van der Waals surface area contributed by atoms with Crippen LogP contribution in [0, 0.1) is 0 Å². The number of hydrogen-bond donors (Lipinski definition) is 1. The summed E-state index contributed by atoms with van der Waals surface area (Å²) in [5, 5.41) is 2.88. The number of nitrogens with one attached hydrogen (secondary N) is 1. The number of nitrogens with zero attached hydrogens (tertiary/aromatic N) is 1. The maximum Gasteiger partial charge on any atom is 0.228 e. The topological polar surface area (TPSA) is 49.4 Å². The first-order valence-corrected chi connectivity index (χ1v) is 9.49. The van der Waals surface area contributed by atoms with Crippen LogP contribution in [0.2, 0.25) is 0 Å². The van der Waals surface area contributed by atoms with Crippen LogP contribution in [-0.4, -0.2) is 22.8 Å². The highest BCUT2D eigenvalue weighted by molar-refractivity contribution is 5.99. The van der Waals surface area contributed by atoms with Crippen molar-refractivity contribution in [2.24, 2.45) is 0 Å². The molecule has 0 aromatic heterocycles. The first-order chi connectivity index (χ1) is 12.7. The number of fused-ring (bicyclic) bond motifs is 2. The van der Waals surface area contributed by atoms with Crippen LogP contribution in [0.15, 0.2) is 42.5 Å². The molecule has 2 aromatic rings. The van der Waals surface area contributed by atoms with Crippen LogP contribution in [0.3, 0.4) is 0 Å². The smallest absolute Gasteiger partial charge is 0.228 e. The number of aryl methyl sites for hydroxylation is 1. The first kappa shape index (κ1) is 15.6. The van der Waals surface area contributed by atoms with Crippen LogP contribution in [0.1, 0.15) is 47.6 Å². The predicted molar refractivity (Wildman–Crippen MR) is 99.9 cm³/mol. The number of hydrogen-bond acceptors (Lipinski definition) is 2. The van der Waals surface area contributed by atoms with Gasteiger partial charge in [-0.2, -0.15) is 0 Å². The molecule has 0 spiro atoms. The zero-order valence-corrected chi connectivity index (χ0v) is 14.7. The number of amides is 2. The Morgan fingerprint density at radius 3 is 2.77 bits per heavy atom. The second kappa shape index (κ2) is 5.97. The molecule has 26 heavy (non-hydrogen) atoms. The van der Waals surface area contributed by atoms with Crippen LogP contribution in [0.5, 0.6) is 0 Å². The van der Waals surface area contributed by atoms with E-state index in [1.54, 1.807) is 0 Å². The van der Waals surface area contributed by atoms with Gasteiger partial charge in [-0.15, -0.1) is 0 Å². The molecule has 1 atom stereocenters. The highest BCUT2D eigenvalue weighted by atomic mass is 16.2. The Labute approximate surface area is 153 Å². The zero-order chi connectivity index (χ0) is 17.7. The van der Waals surface area contributed by atoms with Crippen LogP contribution in [-0.2, 0) is 28.9 Å². The van der Waals surface area contributed by atoms with E-state index < -0.39 is 0 Å². The molecule has 132 valence electrons. The average Bonchev–Trinajstić information content (AvgIpc) is 3.26. The Morgan fingerprint density at radius 2 is 1.92 bits per heavy atom. The summed E-state index contributed by atoms with van der Waals surface area (Å²) in [5.74, 6) is 0.240. The fourth-order valence-electron chi connectivity index (χ4n) is 4.45. The molecule has 1 aliphatic heterocycles. The zero-order valence-electron chi connectivity index (χ0n) is 14.7. The molecule has 1 heterocycles. The summed E-state index contributed by atoms with van der Waals surface area (Å²) in [4.78, 5) is 26.9. The van der Waals surface area contributed by atoms with Crippen molar-refractivity contribution in [1.29, 1.82) is 0 Å². The highest BCUT2D eigenvalue weighted by Crippen LogP contribution is 2.42. The Balaban J connectivity index is 1.38. The molecule has 0 bridgehead atoms. The van der Waals surface area contributed by atoms with E-state index in [1.807, 2.05) is 18.2 Å². The lowest BCUT2D eigenvalue weighted by molar-refractivity contribution is -0.133. The van der Waals surface area contributed by atoms with E-state index in [2.05, 4.69) is 34.5 Å². The van der Waals surface area contributed by atoms with Gasteiger partial charge in [-0.25, -0.2) is 0 Å². The lowest BCUT2D eigenvalue weighted by Gasteiger charge is -2.30. The summed E-state index contributed by atoms with van der Waals surface area (Å²) in [6.07, 6.45) is 5.16. The van der Waals surface area contributed by atoms with E-state index in [0.717, 1.165) is 42.5 Å². The minimum atomic E-state index is 0.0330. The van der Waals surface area contributed by atoms with Gasteiger partial charge in [0.1, 0.15) is 0 Å². The fraction of sp³-hybridized carbons (Fsp3) is 0.364. The van der Waals surface area contributed by atoms with Crippen LogP contribution < -0.4 is 5.32 Å². The van der Waals surface area contributed by atoms with Gasteiger partial charge in [0.15, 0.2) is 0 Å². The van der Waals surface area contributed by atoms with Gasteiger partial charge in [0.25, 0.3) is 0 Å². The van der Waals surface area contributed by atoms with Gasteiger partial charge in [-0.1, -0.05) is 36.4 Å². The molecular weight excluding hydrogens is 324 g/mol. The Kier molecular flexibility index (Phi) is 3.59. The molecule has 4 heteroatoms. The average molecular weight is 346 g/mol. The Morgan fingerprint density at radius 1 is 1.08 bits per heavy atom. The fourth-order valence-corrected chi connectivity index (χ4v) is 4.45. The summed E-state index contributed by atoms with van der Waals surface area (Å²) in [5.41, 5.74) is 5.58. The van der Waals surface area contributed by atoms with Crippen molar-refractivity contribution in [3.63, 3.8) is 0 Å². The second-order valence-corrected chi connectivity index (χ2v) is 7.68. The summed E-state index contributed by atoms with van der Waals surface area (Å²) in [7, 11) is 0. The third kappa shape index (κ3) is 2.70. The molecule has 2 aliphatic carbocycles. The van der Waals surface area contributed by atoms with Crippen molar-refractivity contribution in [1.82, 2.24) is 4.90 Å². The van der Waals surface area contributed by atoms with Crippen molar-refractivity contribution >= 4 is 17.5 Å². The van der Waals surface area contributed by atoms with Gasteiger partial charge in [0, 0.05) is 11.7 Å². The van der Waals surface area contributed by atoms with E-state index in [1.165, 1.54) is 11.1 Å². The molecule has 3 aliphatic rings. The monoisotopic (exact) mass is 346 g/mol. The molecule has 4 nitrogen and oxygen atoms in total. The Bertz CT molecular complexity index is 901. The van der Waals surface area contributed by atoms with Gasteiger partial charge >= 0.3 is 0 Å². The van der Waals surface area contributed by atoms with Crippen molar-refractivity contribution in [3.8, 4) is 0 Å². The normalized spacial score (nSPS) is 20.5. The van der Waals surface area contributed by atoms with E-state index in [9.17, 15) is 9.59 Å². The molecule has 2 aromatic carbocycles. The molecule has 2 amide bonds. The van der Waals surface area contributed by atoms with E-state index in [-0.39, 0.29) is 17.9 Å². The maximum atomic E-state index is 13.2. The summed E-state index contributed by atoms with van der Waals surface area (Å²) >= 11 is 0. The second-order valence-electron chi connectivity index (χ2n) is 7.68. The van der Waals surface area contributed by atoms with Gasteiger partial charge in [-0.3, -0.25) is 9.59 Å². The van der Waals surface area contributed by atoms with E-state index >= 15 is 0 Å². The standard InChI is InChI=1S/C22H22N2O2/c25-21-13-16-6-5-14(11-19(16)23-21)12-22(26)24(17-8-9-17)20-10-7-15-3-1-2-4-18(15)20/h1-6,11,17,20H,7-10,12-13H2,(H,23,25)/t20-/m1/s1. The lowest BCUT2D eigenvalue weighted by Crippen LogP contribution is -2.37. The van der Waals surface area contributed by atoms with Gasteiger partial charge < -0.3 is 10.2 Å². The minimum absolute atomic E-state index is 0.0330. The maximum absolute atomic E-state index is 13.2. The van der Waals surface area contributed by atoms with E-state index in [4.69, 9.17) is 0 Å². The van der Waals surface area contributed by atoms with Crippen LogP contribution in [0.4, 0.5) is 5.69 Å². The Hall–Kier alpha value is -2.62. The molecule has 0 radical (unpaired) electrons. The highest BCUT2D eigenvalue weighted by Gasteiger charge is 2.40. The number of anilines is 1. The first-order valence-electron chi connectivity index (χ1n) is 9.49. The molecule has 1 saturated carbocycles. The summed E-state index contributed by atoms with van der Waals surface area (Å²) in [6, 6.07) is 15.1. The van der Waals surface area contributed by atoms with Crippen molar-refractivity contribution in [2.45, 2.75) is 50.6 Å². The van der Waals surface area contributed by atoms with Gasteiger partial charge in [0.2, 0.25) is 11.8 Å². The predicted octanol–water partition coefficient (Wildman–Crippen LogP) is 3.40. The molecule has 5 rings (SSSR count). The third-order valence-corrected chi connectivity index (χ3v) is 5.82. The largest absolute Gasteiger partial charge is 0.332 e. The van der Waals surface area contributed by atoms with Crippen LogP contribution >= 0.6 is 0 Å². The van der Waals surface area contributed by atoms with Gasteiger partial charge in [-0.05, 0) is 54.0 Å². The quantitative estimate of drug-likeness (QED) is 0.922. The summed E-state index contributed by atoms with van der Waals surface area (Å²) < 4.78 is 0. The summed E-state index contributed by atoms with van der Waals surface area (Å²) in [6.45, 7) is 0. The SMILES string of the molecule is O=C1Cc2ccc(CC(=O)N(C3CC3)[C@@H]3CCc4ccccc43)cc2N1. The number of carbonyl (C=O) groups excluding carboxylic acids is 2. The molecule has 0 saturated heterocycles. The number of rotatable bonds is 4. The molecule has 1 N–H and O–H groups in total. The number of benzene rings is 2. The lowest BCUT2D eigenvalue weighted by atomic mass is 10.0. The van der Waals surface area contributed by atoms with Crippen LogP contribution in [0.25, 0.3) is 0 Å². The third-order valence-electron chi connectivity index (χ3n) is 5.82. The minimum Gasteiger partial charge on any atom is -0.332 e. The molecular formula is C22H22N2O2. The van der Waals surface area contributed by atoms with Crippen molar-refractivity contribution in [3.05, 3.63) is 64.7 Å². The number of carbonyl (C=O) groups is 2. The molecule has 1 fully saturated rings. The van der Waals surface area contributed by atoms with Crippen molar-refractivity contribution < 1.29 is 9.59 Å². The van der Waals surface area contributed by atoms with Gasteiger partial charge in [0.05, 0.1) is 18.9 Å².